The van der Waals surface area contributed by atoms with Crippen LogP contribution >= 0.6 is 11.6 Å². The lowest BCUT2D eigenvalue weighted by Crippen LogP contribution is -2.35. The molecule has 0 bridgehead atoms. The van der Waals surface area contributed by atoms with Crippen molar-refractivity contribution in [3.05, 3.63) is 53.3 Å². The molecule has 1 aliphatic rings. The Bertz CT molecular complexity index is 1200. The predicted molar refractivity (Wildman–Crippen MR) is 114 cm³/mol. The maximum absolute atomic E-state index is 13.4. The molecule has 0 atom stereocenters. The Labute approximate surface area is 180 Å². The first-order valence-corrected chi connectivity index (χ1v) is 11.6. The number of carbonyl (C=O) groups is 1. The van der Waals surface area contributed by atoms with Crippen molar-refractivity contribution in [2.75, 3.05) is 20.2 Å². The second-order valence-electron chi connectivity index (χ2n) is 7.25. The SMILES string of the molecule is COC(=O)Cc1cnn2ccc(-c3c(Cl)cccc3S(=O)(=O)N3CCCCC3)cc12. The third-order valence-corrected chi connectivity index (χ3v) is 7.62. The van der Waals surface area contributed by atoms with E-state index in [1.165, 1.54) is 11.4 Å². The highest BCUT2D eigenvalue weighted by atomic mass is 35.5. The fraction of sp³-hybridized carbons (Fsp3) is 0.333. The van der Waals surface area contributed by atoms with E-state index in [-0.39, 0.29) is 17.3 Å². The lowest BCUT2D eigenvalue weighted by atomic mass is 10.1. The van der Waals surface area contributed by atoms with Gasteiger partial charge in [0.1, 0.15) is 0 Å². The normalized spacial score (nSPS) is 15.4. The van der Waals surface area contributed by atoms with Gasteiger partial charge in [0.15, 0.2) is 0 Å². The number of benzene rings is 1. The summed E-state index contributed by atoms with van der Waals surface area (Å²) in [6.45, 7) is 1.03. The summed E-state index contributed by atoms with van der Waals surface area (Å²) in [6, 6.07) is 8.52. The first kappa shape index (κ1) is 20.8. The smallest absolute Gasteiger partial charge is 0.310 e. The predicted octanol–water partition coefficient (Wildman–Crippen LogP) is 3.54. The fourth-order valence-electron chi connectivity index (χ4n) is 3.79. The monoisotopic (exact) mass is 447 g/mol. The van der Waals surface area contributed by atoms with E-state index in [0.717, 1.165) is 19.3 Å². The van der Waals surface area contributed by atoms with Gasteiger partial charge in [0.05, 0.1) is 30.1 Å². The van der Waals surface area contributed by atoms with Gasteiger partial charge in [-0.05, 0) is 42.7 Å². The minimum Gasteiger partial charge on any atom is -0.469 e. The molecule has 0 radical (unpaired) electrons. The molecule has 3 heterocycles. The molecule has 30 heavy (non-hydrogen) atoms. The number of rotatable bonds is 5. The number of sulfonamides is 1. The molecule has 0 spiro atoms. The van der Waals surface area contributed by atoms with Crippen molar-refractivity contribution in [2.24, 2.45) is 0 Å². The highest BCUT2D eigenvalue weighted by Gasteiger charge is 2.29. The second kappa shape index (κ2) is 8.37. The maximum Gasteiger partial charge on any atom is 0.310 e. The van der Waals surface area contributed by atoms with Crippen LogP contribution in [0.2, 0.25) is 5.02 Å². The quantitative estimate of drug-likeness (QED) is 0.559. The van der Waals surface area contributed by atoms with Crippen molar-refractivity contribution >= 4 is 33.1 Å². The van der Waals surface area contributed by atoms with Gasteiger partial charge in [0, 0.05) is 35.4 Å². The Balaban J connectivity index is 1.84. The molecular formula is C21H22ClN3O4S. The minimum atomic E-state index is -3.68. The largest absolute Gasteiger partial charge is 0.469 e. The summed E-state index contributed by atoms with van der Waals surface area (Å²) in [6.07, 6.45) is 6.15. The molecule has 1 aliphatic heterocycles. The lowest BCUT2D eigenvalue weighted by Gasteiger charge is -2.27. The van der Waals surface area contributed by atoms with E-state index in [1.807, 2.05) is 6.07 Å². The number of pyridine rings is 1. The van der Waals surface area contributed by atoms with E-state index >= 15 is 0 Å². The van der Waals surface area contributed by atoms with Crippen LogP contribution in [0.4, 0.5) is 0 Å². The molecule has 2 aromatic heterocycles. The zero-order chi connectivity index (χ0) is 21.3. The van der Waals surface area contributed by atoms with Crippen LogP contribution in [0.15, 0.2) is 47.6 Å². The maximum atomic E-state index is 13.4. The van der Waals surface area contributed by atoms with Crippen LogP contribution in [0.5, 0.6) is 0 Å². The number of esters is 1. The number of hydrogen-bond donors (Lipinski definition) is 0. The van der Waals surface area contributed by atoms with Crippen molar-refractivity contribution < 1.29 is 17.9 Å². The highest BCUT2D eigenvalue weighted by molar-refractivity contribution is 7.89. The van der Waals surface area contributed by atoms with Crippen LogP contribution in [0, 0.1) is 0 Å². The van der Waals surface area contributed by atoms with Crippen LogP contribution in [-0.4, -0.2) is 48.5 Å². The number of aromatic nitrogens is 2. The van der Waals surface area contributed by atoms with Crippen LogP contribution in [-0.2, 0) is 26.0 Å². The zero-order valence-corrected chi connectivity index (χ0v) is 18.1. The molecule has 158 valence electrons. The summed E-state index contributed by atoms with van der Waals surface area (Å²) in [7, 11) is -2.35. The number of methoxy groups -OCH3 is 1. The topological polar surface area (TPSA) is 81.0 Å². The van der Waals surface area contributed by atoms with Crippen LogP contribution in [0.25, 0.3) is 16.6 Å². The van der Waals surface area contributed by atoms with E-state index in [2.05, 4.69) is 5.10 Å². The summed E-state index contributed by atoms with van der Waals surface area (Å²) in [5.41, 5.74) is 2.49. The van der Waals surface area contributed by atoms with Gasteiger partial charge in [-0.15, -0.1) is 0 Å². The van der Waals surface area contributed by atoms with E-state index in [0.29, 0.717) is 40.3 Å². The van der Waals surface area contributed by atoms with Crippen molar-refractivity contribution in [2.45, 2.75) is 30.6 Å². The number of piperidine rings is 1. The van der Waals surface area contributed by atoms with Gasteiger partial charge in [0.2, 0.25) is 10.0 Å². The standard InChI is InChI=1S/C21H22ClN3O4S/c1-29-20(26)13-16-14-23-25-11-8-15(12-18(16)25)21-17(22)6-5-7-19(21)30(27,28)24-9-3-2-4-10-24/h5-8,11-12,14H,2-4,9-10,13H2,1H3. The van der Waals surface area contributed by atoms with E-state index in [4.69, 9.17) is 16.3 Å². The second-order valence-corrected chi connectivity index (χ2v) is 9.56. The van der Waals surface area contributed by atoms with Crippen molar-refractivity contribution in [3.8, 4) is 11.1 Å². The van der Waals surface area contributed by atoms with Gasteiger partial charge in [-0.25, -0.2) is 12.9 Å². The molecule has 3 aromatic rings. The fourth-order valence-corrected chi connectivity index (χ4v) is 5.89. The Morgan fingerprint density at radius 2 is 1.97 bits per heavy atom. The Morgan fingerprint density at radius 1 is 1.20 bits per heavy atom. The summed E-state index contributed by atoms with van der Waals surface area (Å²) in [5.74, 6) is -0.374. The third-order valence-electron chi connectivity index (χ3n) is 5.36. The summed E-state index contributed by atoms with van der Waals surface area (Å²) in [4.78, 5) is 11.9. The van der Waals surface area contributed by atoms with Crippen molar-refractivity contribution in [1.29, 1.82) is 0 Å². The summed E-state index contributed by atoms with van der Waals surface area (Å²) >= 11 is 6.50. The molecule has 1 aromatic carbocycles. The first-order valence-electron chi connectivity index (χ1n) is 9.74. The lowest BCUT2D eigenvalue weighted by molar-refractivity contribution is -0.139. The molecule has 0 saturated carbocycles. The Morgan fingerprint density at radius 3 is 2.70 bits per heavy atom. The van der Waals surface area contributed by atoms with Gasteiger partial charge in [-0.1, -0.05) is 24.1 Å². The Kier molecular flexibility index (Phi) is 5.81. The average molecular weight is 448 g/mol. The summed E-state index contributed by atoms with van der Waals surface area (Å²) < 4.78 is 34.7. The van der Waals surface area contributed by atoms with E-state index in [1.54, 1.807) is 41.2 Å². The molecule has 1 fully saturated rings. The number of carbonyl (C=O) groups excluding carboxylic acids is 1. The van der Waals surface area contributed by atoms with Gasteiger partial charge in [-0.2, -0.15) is 9.40 Å². The molecule has 4 rings (SSSR count). The number of halogens is 1. The van der Waals surface area contributed by atoms with Gasteiger partial charge in [0.25, 0.3) is 0 Å². The van der Waals surface area contributed by atoms with Crippen molar-refractivity contribution in [1.82, 2.24) is 13.9 Å². The molecular weight excluding hydrogens is 426 g/mol. The highest BCUT2D eigenvalue weighted by Crippen LogP contribution is 2.37. The van der Waals surface area contributed by atoms with Crippen LogP contribution < -0.4 is 0 Å². The number of fused-ring (bicyclic) bond motifs is 1. The van der Waals surface area contributed by atoms with Crippen LogP contribution in [0.3, 0.4) is 0 Å². The molecule has 9 heteroatoms. The first-order chi connectivity index (χ1) is 14.4. The molecule has 0 N–H and O–H groups in total. The molecule has 1 saturated heterocycles. The van der Waals surface area contributed by atoms with Gasteiger partial charge in [-0.3, -0.25) is 4.79 Å². The summed E-state index contributed by atoms with van der Waals surface area (Å²) in [5, 5.41) is 4.61. The third kappa shape index (κ3) is 3.82. The molecule has 0 aliphatic carbocycles. The average Bonchev–Trinajstić information content (AvgIpc) is 3.16. The minimum absolute atomic E-state index is 0.0743. The van der Waals surface area contributed by atoms with E-state index < -0.39 is 10.0 Å². The molecule has 7 nitrogen and oxygen atoms in total. The number of ether oxygens (including phenoxy) is 1. The van der Waals surface area contributed by atoms with Gasteiger partial charge >= 0.3 is 5.97 Å². The number of hydrogen-bond acceptors (Lipinski definition) is 5. The molecule has 0 amide bonds. The van der Waals surface area contributed by atoms with Crippen molar-refractivity contribution in [3.63, 3.8) is 0 Å². The van der Waals surface area contributed by atoms with E-state index in [9.17, 15) is 13.2 Å². The zero-order valence-electron chi connectivity index (χ0n) is 16.5. The van der Waals surface area contributed by atoms with Gasteiger partial charge < -0.3 is 4.74 Å². The van der Waals surface area contributed by atoms with Crippen LogP contribution in [0.1, 0.15) is 24.8 Å². The molecule has 0 unspecified atom stereocenters. The Hall–Kier alpha value is -2.42. The number of nitrogens with zero attached hydrogens (tertiary/aromatic N) is 3.